The Morgan fingerprint density at radius 2 is 1.73 bits per heavy atom. The number of rotatable bonds is 3. The van der Waals surface area contributed by atoms with Gasteiger partial charge in [0.25, 0.3) is 0 Å². The molecule has 0 bridgehead atoms. The molecule has 0 heterocycles. The maximum absolute atomic E-state index is 11.1. The van der Waals surface area contributed by atoms with Crippen molar-refractivity contribution in [3.63, 3.8) is 0 Å². The third-order valence-corrected chi connectivity index (χ3v) is 3.18. The average molecular weight is 228 g/mol. The summed E-state index contributed by atoms with van der Waals surface area (Å²) >= 11 is 0. The summed E-state index contributed by atoms with van der Waals surface area (Å²) in [5, 5.41) is -1.07. The van der Waals surface area contributed by atoms with Gasteiger partial charge in [0.05, 0.1) is 0 Å². The fourth-order valence-electron chi connectivity index (χ4n) is 1.08. The predicted molar refractivity (Wildman–Crippen MR) is 56.7 cm³/mol. The van der Waals surface area contributed by atoms with Crippen LogP contribution in [0.3, 0.4) is 0 Å². The summed E-state index contributed by atoms with van der Waals surface area (Å²) in [6, 6.07) is 5.85. The lowest BCUT2D eigenvalue weighted by molar-refractivity contribution is 0.100. The van der Waals surface area contributed by atoms with E-state index < -0.39 is 21.1 Å². The van der Waals surface area contributed by atoms with Gasteiger partial charge >= 0.3 is 0 Å². The lowest BCUT2D eigenvalue weighted by atomic mass is 10.1. The van der Waals surface area contributed by atoms with Crippen molar-refractivity contribution < 1.29 is 13.2 Å². The van der Waals surface area contributed by atoms with Crippen molar-refractivity contribution in [1.82, 2.24) is 0 Å². The minimum atomic E-state index is -3.33. The first-order valence-corrected chi connectivity index (χ1v) is 6.12. The Labute approximate surface area is 88.0 Å². The van der Waals surface area contributed by atoms with E-state index in [1.165, 1.54) is 24.3 Å². The van der Waals surface area contributed by atoms with Gasteiger partial charge in [-0.2, -0.15) is 0 Å². The molecule has 82 valence electrons. The lowest BCUT2D eigenvalue weighted by Crippen LogP contribution is -2.20. The smallest absolute Gasteiger partial charge is 0.248 e. The van der Waals surface area contributed by atoms with E-state index in [2.05, 4.69) is 0 Å². The van der Waals surface area contributed by atoms with Gasteiger partial charge in [-0.05, 0) is 17.7 Å². The Kier molecular flexibility index (Phi) is 3.11. The minimum Gasteiger partial charge on any atom is -0.366 e. The third kappa shape index (κ3) is 2.77. The second-order valence-corrected chi connectivity index (χ2v) is 5.40. The van der Waals surface area contributed by atoms with Crippen LogP contribution in [0, 0.1) is 0 Å². The number of hydrogen-bond donors (Lipinski definition) is 2. The van der Waals surface area contributed by atoms with Crippen molar-refractivity contribution in [2.75, 3.05) is 6.26 Å². The van der Waals surface area contributed by atoms with Crippen molar-refractivity contribution >= 4 is 15.7 Å². The van der Waals surface area contributed by atoms with Crippen molar-refractivity contribution in [3.8, 4) is 0 Å². The van der Waals surface area contributed by atoms with Crippen molar-refractivity contribution in [1.29, 1.82) is 0 Å². The first-order chi connectivity index (χ1) is 6.82. The number of amides is 1. The highest BCUT2D eigenvalue weighted by atomic mass is 32.2. The quantitative estimate of drug-likeness (QED) is 0.746. The first-order valence-electron chi connectivity index (χ1n) is 4.16. The number of nitrogens with two attached hydrogens (primary N) is 2. The van der Waals surface area contributed by atoms with Crippen LogP contribution in [0.2, 0.25) is 0 Å². The van der Waals surface area contributed by atoms with E-state index in [1.807, 2.05) is 0 Å². The third-order valence-electron chi connectivity index (χ3n) is 1.99. The van der Waals surface area contributed by atoms with E-state index >= 15 is 0 Å². The van der Waals surface area contributed by atoms with Crippen LogP contribution in [0.25, 0.3) is 0 Å². The second kappa shape index (κ2) is 4.00. The monoisotopic (exact) mass is 228 g/mol. The van der Waals surface area contributed by atoms with Crippen LogP contribution in [-0.4, -0.2) is 20.6 Å². The number of carbonyl (C=O) groups excluding carboxylic acids is 1. The van der Waals surface area contributed by atoms with Crippen LogP contribution in [0.4, 0.5) is 0 Å². The van der Waals surface area contributed by atoms with E-state index in [0.717, 1.165) is 6.26 Å². The molecule has 1 atom stereocenters. The molecule has 1 aromatic rings. The summed E-state index contributed by atoms with van der Waals surface area (Å²) in [4.78, 5) is 10.8. The molecule has 4 N–H and O–H groups in total. The number of sulfone groups is 1. The van der Waals surface area contributed by atoms with E-state index in [4.69, 9.17) is 11.5 Å². The Balaban J connectivity index is 3.05. The van der Waals surface area contributed by atoms with E-state index in [0.29, 0.717) is 11.1 Å². The molecule has 0 aliphatic carbocycles. The Bertz CT molecular complexity index is 465. The number of benzene rings is 1. The molecule has 0 spiro atoms. The molecule has 1 aromatic carbocycles. The van der Waals surface area contributed by atoms with Gasteiger partial charge in [0, 0.05) is 11.8 Å². The van der Waals surface area contributed by atoms with E-state index in [1.54, 1.807) is 0 Å². The first kappa shape index (κ1) is 11.7. The molecule has 0 aliphatic rings. The molecule has 0 saturated heterocycles. The highest BCUT2D eigenvalue weighted by Gasteiger charge is 2.17. The summed E-state index contributed by atoms with van der Waals surface area (Å²) in [6.07, 6.45) is 1.06. The van der Waals surface area contributed by atoms with Crippen molar-refractivity contribution in [2.24, 2.45) is 11.5 Å². The minimum absolute atomic E-state index is 0.319. The molecule has 5 nitrogen and oxygen atoms in total. The second-order valence-electron chi connectivity index (χ2n) is 3.24. The van der Waals surface area contributed by atoms with E-state index in [-0.39, 0.29) is 0 Å². The molecule has 6 heteroatoms. The number of hydrogen-bond acceptors (Lipinski definition) is 4. The predicted octanol–water partition coefficient (Wildman–Crippen LogP) is -0.213. The summed E-state index contributed by atoms with van der Waals surface area (Å²) in [6.45, 7) is 0. The SMILES string of the molecule is CS(=O)(=O)C(N)c1ccc(C(N)=O)cc1. The summed E-state index contributed by atoms with van der Waals surface area (Å²) in [5.41, 5.74) is 11.3. The molecule has 0 saturated carbocycles. The number of carbonyl (C=O) groups is 1. The van der Waals surface area contributed by atoms with Gasteiger partial charge in [-0.25, -0.2) is 8.42 Å². The highest BCUT2D eigenvalue weighted by Crippen LogP contribution is 2.16. The molecule has 1 amide bonds. The molecular weight excluding hydrogens is 216 g/mol. The molecule has 0 radical (unpaired) electrons. The highest BCUT2D eigenvalue weighted by molar-refractivity contribution is 7.90. The lowest BCUT2D eigenvalue weighted by Gasteiger charge is -2.09. The molecule has 15 heavy (non-hydrogen) atoms. The zero-order chi connectivity index (χ0) is 11.6. The molecule has 1 rings (SSSR count). The van der Waals surface area contributed by atoms with Gasteiger partial charge in [0.15, 0.2) is 9.84 Å². The Morgan fingerprint density at radius 1 is 1.27 bits per heavy atom. The molecule has 0 aromatic heterocycles. The zero-order valence-electron chi connectivity index (χ0n) is 8.17. The summed E-state index contributed by atoms with van der Waals surface area (Å²) in [5.74, 6) is -0.561. The van der Waals surface area contributed by atoms with Crippen LogP contribution in [-0.2, 0) is 9.84 Å². The zero-order valence-corrected chi connectivity index (χ0v) is 8.99. The maximum atomic E-state index is 11.1. The largest absolute Gasteiger partial charge is 0.366 e. The van der Waals surface area contributed by atoms with Gasteiger partial charge in [-0.3, -0.25) is 4.79 Å². The molecule has 0 fully saturated rings. The fourth-order valence-corrected chi connectivity index (χ4v) is 1.74. The van der Waals surface area contributed by atoms with Crippen molar-refractivity contribution in [2.45, 2.75) is 5.37 Å². The standard InChI is InChI=1S/C9H12N2O3S/c1-15(13,14)9(11)7-4-2-6(3-5-7)8(10)12/h2-5,9H,11H2,1H3,(H2,10,12). The van der Waals surface area contributed by atoms with Crippen LogP contribution >= 0.6 is 0 Å². The summed E-state index contributed by atoms with van der Waals surface area (Å²) < 4.78 is 22.3. The molecule has 0 aliphatic heterocycles. The molecular formula is C9H12N2O3S. The number of primary amides is 1. The van der Waals surface area contributed by atoms with Gasteiger partial charge in [-0.1, -0.05) is 12.1 Å². The van der Waals surface area contributed by atoms with Crippen molar-refractivity contribution in [3.05, 3.63) is 35.4 Å². The van der Waals surface area contributed by atoms with Crippen LogP contribution in [0.1, 0.15) is 21.3 Å². The van der Waals surface area contributed by atoms with Gasteiger partial charge in [0.2, 0.25) is 5.91 Å². The van der Waals surface area contributed by atoms with Gasteiger partial charge in [-0.15, -0.1) is 0 Å². The fraction of sp³-hybridized carbons (Fsp3) is 0.222. The van der Waals surface area contributed by atoms with Crippen LogP contribution in [0.15, 0.2) is 24.3 Å². The average Bonchev–Trinajstić information content (AvgIpc) is 2.15. The Hall–Kier alpha value is -1.40. The molecule has 1 unspecified atom stereocenters. The summed E-state index contributed by atoms with van der Waals surface area (Å²) in [7, 11) is -3.33. The maximum Gasteiger partial charge on any atom is 0.248 e. The van der Waals surface area contributed by atoms with Crippen LogP contribution < -0.4 is 11.5 Å². The Morgan fingerprint density at radius 3 is 2.07 bits per heavy atom. The van der Waals surface area contributed by atoms with Gasteiger partial charge < -0.3 is 11.5 Å². The normalized spacial score (nSPS) is 13.5. The van der Waals surface area contributed by atoms with Crippen LogP contribution in [0.5, 0.6) is 0 Å². The topological polar surface area (TPSA) is 103 Å². The van der Waals surface area contributed by atoms with Gasteiger partial charge in [0.1, 0.15) is 5.37 Å². The van der Waals surface area contributed by atoms with E-state index in [9.17, 15) is 13.2 Å².